The Labute approximate surface area is 135 Å². The largest absolute Gasteiger partial charge is 0.370 e. The lowest BCUT2D eigenvalue weighted by Gasteiger charge is -2.22. The molecule has 0 unspecified atom stereocenters. The van der Waals surface area contributed by atoms with Crippen LogP contribution in [0.15, 0.2) is 30.3 Å². The van der Waals surface area contributed by atoms with E-state index < -0.39 is 0 Å². The number of rotatable bonds is 4. The Hall–Kier alpha value is -1.98. The summed E-state index contributed by atoms with van der Waals surface area (Å²) in [6, 6.07) is 8.35. The van der Waals surface area contributed by atoms with Crippen LogP contribution in [0.25, 0.3) is 5.69 Å². The molecule has 0 atom stereocenters. The Morgan fingerprint density at radius 2 is 2.00 bits per heavy atom. The smallest absolute Gasteiger partial charge is 0.218 e. The number of benzene rings is 1. The summed E-state index contributed by atoms with van der Waals surface area (Å²) in [7, 11) is 0. The molecule has 1 saturated heterocycles. The highest BCUT2D eigenvalue weighted by Crippen LogP contribution is 2.21. The monoisotopic (exact) mass is 317 g/mol. The molecule has 0 saturated carbocycles. The number of quaternary nitrogens is 1. The van der Waals surface area contributed by atoms with Crippen molar-refractivity contribution < 1.29 is 18.8 Å². The topological polar surface area (TPSA) is 35.7 Å². The molecular weight excluding hydrogens is 295 g/mol. The Morgan fingerprint density at radius 3 is 2.70 bits per heavy atom. The zero-order valence-electron chi connectivity index (χ0n) is 13.6. The van der Waals surface area contributed by atoms with Crippen molar-refractivity contribution in [1.82, 2.24) is 4.57 Å². The van der Waals surface area contributed by atoms with Crippen molar-refractivity contribution in [3.8, 4) is 5.69 Å². The van der Waals surface area contributed by atoms with Crippen LogP contribution in [-0.4, -0.2) is 43.2 Å². The highest BCUT2D eigenvalue weighted by molar-refractivity contribution is 5.98. The molecule has 0 aliphatic carbocycles. The van der Waals surface area contributed by atoms with Gasteiger partial charge in [0.15, 0.2) is 0 Å². The number of ether oxygens (including phenoxy) is 1. The van der Waals surface area contributed by atoms with Crippen molar-refractivity contribution in [3.63, 3.8) is 0 Å². The number of nitrogens with zero attached hydrogens (tertiary/aromatic N) is 1. The van der Waals surface area contributed by atoms with Crippen LogP contribution < -0.4 is 4.90 Å². The van der Waals surface area contributed by atoms with Crippen LogP contribution >= 0.6 is 0 Å². The molecule has 1 fully saturated rings. The lowest BCUT2D eigenvalue weighted by atomic mass is 10.1. The van der Waals surface area contributed by atoms with Crippen molar-refractivity contribution >= 4 is 5.78 Å². The summed E-state index contributed by atoms with van der Waals surface area (Å²) in [6.45, 7) is 7.51. The number of hydrogen-bond donors (Lipinski definition) is 1. The maximum absolute atomic E-state index is 13.5. The number of halogens is 1. The molecule has 122 valence electrons. The van der Waals surface area contributed by atoms with Gasteiger partial charge in [0.05, 0.1) is 13.2 Å². The molecule has 4 nitrogen and oxygen atoms in total. The number of aromatic nitrogens is 1. The average molecular weight is 317 g/mol. The predicted octanol–water partition coefficient (Wildman–Crippen LogP) is 1.33. The molecule has 0 amide bonds. The van der Waals surface area contributed by atoms with Crippen molar-refractivity contribution in [2.75, 3.05) is 32.8 Å². The molecule has 1 aromatic carbocycles. The van der Waals surface area contributed by atoms with Gasteiger partial charge in [-0.15, -0.1) is 0 Å². The molecular formula is C18H22FN2O2+. The summed E-state index contributed by atoms with van der Waals surface area (Å²) in [5.41, 5.74) is 3.28. The number of morpholine rings is 1. The van der Waals surface area contributed by atoms with Crippen LogP contribution in [0.5, 0.6) is 0 Å². The van der Waals surface area contributed by atoms with E-state index in [0.717, 1.165) is 35.7 Å². The zero-order valence-corrected chi connectivity index (χ0v) is 13.6. The predicted molar refractivity (Wildman–Crippen MR) is 85.9 cm³/mol. The van der Waals surface area contributed by atoms with Gasteiger partial charge in [-0.1, -0.05) is 6.07 Å². The van der Waals surface area contributed by atoms with Crippen molar-refractivity contribution in [2.24, 2.45) is 0 Å². The van der Waals surface area contributed by atoms with Gasteiger partial charge >= 0.3 is 0 Å². The fourth-order valence-corrected chi connectivity index (χ4v) is 3.22. The fourth-order valence-electron chi connectivity index (χ4n) is 3.22. The van der Waals surface area contributed by atoms with Crippen LogP contribution in [-0.2, 0) is 4.74 Å². The number of ketones is 1. The molecule has 2 heterocycles. The first kappa shape index (κ1) is 15.9. The Balaban J connectivity index is 1.86. The molecule has 1 aliphatic rings. The Kier molecular flexibility index (Phi) is 4.59. The van der Waals surface area contributed by atoms with Gasteiger partial charge in [-0.05, 0) is 38.1 Å². The maximum Gasteiger partial charge on any atom is 0.218 e. The van der Waals surface area contributed by atoms with Gasteiger partial charge in [-0.25, -0.2) is 4.39 Å². The SMILES string of the molecule is Cc1cc(C(=O)C[NH+]2CCOCC2)c(C)n1-c1cccc(F)c1. The minimum atomic E-state index is -0.277. The van der Waals surface area contributed by atoms with E-state index in [9.17, 15) is 9.18 Å². The molecule has 0 bridgehead atoms. The molecule has 1 aliphatic heterocycles. The second-order valence-corrected chi connectivity index (χ2v) is 6.06. The van der Waals surface area contributed by atoms with E-state index in [1.807, 2.05) is 30.5 Å². The summed E-state index contributed by atoms with van der Waals surface area (Å²) in [5, 5.41) is 0. The number of Topliss-reactive ketones (excluding diaryl/α,β-unsaturated/α-hetero) is 1. The average Bonchev–Trinajstić information content (AvgIpc) is 2.83. The van der Waals surface area contributed by atoms with E-state index >= 15 is 0 Å². The lowest BCUT2D eigenvalue weighted by molar-refractivity contribution is -0.899. The third kappa shape index (κ3) is 3.35. The standard InChI is InChI=1S/C18H21FN2O2/c1-13-10-17(18(22)12-20-6-8-23-9-7-20)14(2)21(13)16-5-3-4-15(19)11-16/h3-5,10-11H,6-9,12H2,1-2H3/p+1. The zero-order chi connectivity index (χ0) is 16.4. The van der Waals surface area contributed by atoms with E-state index in [2.05, 4.69) is 0 Å². The minimum absolute atomic E-state index is 0.137. The lowest BCUT2D eigenvalue weighted by Crippen LogP contribution is -3.14. The number of hydrogen-bond acceptors (Lipinski definition) is 2. The number of aryl methyl sites for hydroxylation is 1. The highest BCUT2D eigenvalue weighted by Gasteiger charge is 2.22. The van der Waals surface area contributed by atoms with Gasteiger partial charge < -0.3 is 14.2 Å². The van der Waals surface area contributed by atoms with Gasteiger partial charge in [0, 0.05) is 22.6 Å². The Morgan fingerprint density at radius 1 is 1.26 bits per heavy atom. The summed E-state index contributed by atoms with van der Waals surface area (Å²) >= 11 is 0. The third-order valence-electron chi connectivity index (χ3n) is 4.41. The molecule has 0 spiro atoms. The van der Waals surface area contributed by atoms with E-state index in [1.165, 1.54) is 17.0 Å². The molecule has 5 heteroatoms. The van der Waals surface area contributed by atoms with Crippen LogP contribution in [0, 0.1) is 19.7 Å². The molecule has 23 heavy (non-hydrogen) atoms. The van der Waals surface area contributed by atoms with Gasteiger partial charge in [0.25, 0.3) is 0 Å². The summed E-state index contributed by atoms with van der Waals surface area (Å²) in [5.74, 6) is -0.140. The molecule has 2 aromatic rings. The summed E-state index contributed by atoms with van der Waals surface area (Å²) < 4.78 is 20.8. The number of carbonyl (C=O) groups is 1. The van der Waals surface area contributed by atoms with Crippen LogP contribution in [0.3, 0.4) is 0 Å². The molecule has 0 radical (unpaired) electrons. The van der Waals surface area contributed by atoms with Crippen LogP contribution in [0.1, 0.15) is 21.7 Å². The minimum Gasteiger partial charge on any atom is -0.370 e. The summed E-state index contributed by atoms with van der Waals surface area (Å²) in [4.78, 5) is 13.9. The molecule has 1 aromatic heterocycles. The van der Waals surface area contributed by atoms with Crippen molar-refractivity contribution in [1.29, 1.82) is 0 Å². The van der Waals surface area contributed by atoms with E-state index in [1.54, 1.807) is 6.07 Å². The third-order valence-corrected chi connectivity index (χ3v) is 4.41. The van der Waals surface area contributed by atoms with Crippen LogP contribution in [0.4, 0.5) is 4.39 Å². The fraction of sp³-hybridized carbons (Fsp3) is 0.389. The van der Waals surface area contributed by atoms with Gasteiger partial charge in [0.2, 0.25) is 5.78 Å². The second kappa shape index (κ2) is 6.64. The normalized spacial score (nSPS) is 15.8. The molecule has 3 rings (SSSR count). The number of carbonyl (C=O) groups excluding carboxylic acids is 1. The first-order chi connectivity index (χ1) is 11.1. The van der Waals surface area contributed by atoms with Gasteiger partial charge in [-0.2, -0.15) is 0 Å². The van der Waals surface area contributed by atoms with Crippen LogP contribution in [0.2, 0.25) is 0 Å². The first-order valence-electron chi connectivity index (χ1n) is 7.95. The second-order valence-electron chi connectivity index (χ2n) is 6.06. The van der Waals surface area contributed by atoms with Crippen molar-refractivity contribution in [3.05, 3.63) is 53.1 Å². The first-order valence-corrected chi connectivity index (χ1v) is 7.95. The quantitative estimate of drug-likeness (QED) is 0.864. The van der Waals surface area contributed by atoms with E-state index in [-0.39, 0.29) is 11.6 Å². The van der Waals surface area contributed by atoms with Crippen molar-refractivity contribution in [2.45, 2.75) is 13.8 Å². The molecule has 1 N–H and O–H groups in total. The Bertz CT molecular complexity index is 718. The van der Waals surface area contributed by atoms with Gasteiger partial charge in [-0.3, -0.25) is 4.79 Å². The maximum atomic E-state index is 13.5. The van der Waals surface area contributed by atoms with E-state index in [0.29, 0.717) is 19.8 Å². The summed E-state index contributed by atoms with van der Waals surface area (Å²) in [6.07, 6.45) is 0. The number of nitrogens with one attached hydrogen (secondary N) is 1. The van der Waals surface area contributed by atoms with Gasteiger partial charge in [0.1, 0.15) is 25.5 Å². The van der Waals surface area contributed by atoms with E-state index in [4.69, 9.17) is 4.74 Å². The highest BCUT2D eigenvalue weighted by atomic mass is 19.1.